The molecule has 0 spiro atoms. The van der Waals surface area contributed by atoms with E-state index < -0.39 is 0 Å². The minimum absolute atomic E-state index is 0.619. The van der Waals surface area contributed by atoms with Crippen molar-refractivity contribution in [1.29, 1.82) is 0 Å². The molecule has 0 aliphatic rings. The highest BCUT2D eigenvalue weighted by atomic mass is 16.5. The molecule has 2 rings (SSSR count). The van der Waals surface area contributed by atoms with Gasteiger partial charge in [0.1, 0.15) is 12.4 Å². The van der Waals surface area contributed by atoms with Crippen LogP contribution in [-0.2, 0) is 13.2 Å². The molecule has 0 amide bonds. The third-order valence-electron chi connectivity index (χ3n) is 3.80. The van der Waals surface area contributed by atoms with Crippen molar-refractivity contribution in [3.63, 3.8) is 0 Å². The van der Waals surface area contributed by atoms with Crippen molar-refractivity contribution in [1.82, 2.24) is 5.32 Å². The molecule has 2 aromatic rings. The SMILES string of the molecule is CCCNCc1ccccc1COc1cccc(C)c1C. The van der Waals surface area contributed by atoms with Gasteiger partial charge < -0.3 is 10.1 Å². The molecule has 0 aliphatic heterocycles. The highest BCUT2D eigenvalue weighted by molar-refractivity contribution is 5.38. The second kappa shape index (κ2) is 7.84. The van der Waals surface area contributed by atoms with Gasteiger partial charge in [-0.2, -0.15) is 0 Å². The van der Waals surface area contributed by atoms with E-state index >= 15 is 0 Å². The van der Waals surface area contributed by atoms with Gasteiger partial charge in [-0.05, 0) is 55.1 Å². The molecule has 0 aromatic heterocycles. The lowest BCUT2D eigenvalue weighted by molar-refractivity contribution is 0.302. The molecule has 0 atom stereocenters. The summed E-state index contributed by atoms with van der Waals surface area (Å²) in [5.74, 6) is 0.978. The number of hydrogen-bond acceptors (Lipinski definition) is 2. The second-order valence-electron chi connectivity index (χ2n) is 5.43. The van der Waals surface area contributed by atoms with Gasteiger partial charge in [0.05, 0.1) is 0 Å². The summed E-state index contributed by atoms with van der Waals surface area (Å²) < 4.78 is 6.02. The van der Waals surface area contributed by atoms with E-state index in [1.165, 1.54) is 22.3 Å². The summed E-state index contributed by atoms with van der Waals surface area (Å²) in [6.07, 6.45) is 1.15. The van der Waals surface area contributed by atoms with Crippen LogP contribution < -0.4 is 10.1 Å². The topological polar surface area (TPSA) is 21.3 Å². The summed E-state index contributed by atoms with van der Waals surface area (Å²) >= 11 is 0. The van der Waals surface area contributed by atoms with Gasteiger partial charge in [-0.3, -0.25) is 0 Å². The Morgan fingerprint density at radius 3 is 2.48 bits per heavy atom. The maximum absolute atomic E-state index is 6.02. The molecular weight excluding hydrogens is 258 g/mol. The first kappa shape index (κ1) is 15.6. The first-order chi connectivity index (χ1) is 10.2. The van der Waals surface area contributed by atoms with Crippen LogP contribution in [-0.4, -0.2) is 6.54 Å². The van der Waals surface area contributed by atoms with Gasteiger partial charge in [0, 0.05) is 6.54 Å². The number of aryl methyl sites for hydroxylation is 1. The lowest BCUT2D eigenvalue weighted by atomic mass is 10.1. The number of benzene rings is 2. The molecule has 0 heterocycles. The maximum Gasteiger partial charge on any atom is 0.122 e. The molecule has 2 aromatic carbocycles. The minimum Gasteiger partial charge on any atom is -0.489 e. The van der Waals surface area contributed by atoms with Crippen LogP contribution >= 0.6 is 0 Å². The summed E-state index contributed by atoms with van der Waals surface area (Å²) in [5.41, 5.74) is 5.06. The van der Waals surface area contributed by atoms with Crippen LogP contribution in [0.4, 0.5) is 0 Å². The highest BCUT2D eigenvalue weighted by Gasteiger charge is 2.05. The Kier molecular flexibility index (Phi) is 5.82. The van der Waals surface area contributed by atoms with Gasteiger partial charge in [-0.1, -0.05) is 43.3 Å². The molecule has 0 unspecified atom stereocenters. The normalized spacial score (nSPS) is 10.6. The Hall–Kier alpha value is -1.80. The number of rotatable bonds is 7. The van der Waals surface area contributed by atoms with Crippen molar-refractivity contribution < 1.29 is 4.74 Å². The Morgan fingerprint density at radius 2 is 1.71 bits per heavy atom. The van der Waals surface area contributed by atoms with E-state index in [9.17, 15) is 0 Å². The molecule has 0 saturated carbocycles. The molecule has 1 N–H and O–H groups in total. The van der Waals surface area contributed by atoms with E-state index in [0.717, 1.165) is 25.3 Å². The molecule has 21 heavy (non-hydrogen) atoms. The van der Waals surface area contributed by atoms with Gasteiger partial charge in [0.15, 0.2) is 0 Å². The number of ether oxygens (including phenoxy) is 1. The molecule has 0 fully saturated rings. The zero-order valence-electron chi connectivity index (χ0n) is 13.3. The van der Waals surface area contributed by atoms with Gasteiger partial charge in [0.25, 0.3) is 0 Å². The predicted octanol–water partition coefficient (Wildman–Crippen LogP) is 4.38. The average molecular weight is 283 g/mol. The lowest BCUT2D eigenvalue weighted by Gasteiger charge is -2.14. The summed E-state index contributed by atoms with van der Waals surface area (Å²) in [6.45, 7) is 8.98. The Bertz CT molecular complexity index is 578. The zero-order chi connectivity index (χ0) is 15.1. The maximum atomic E-state index is 6.02. The Labute approximate surface area is 128 Å². The summed E-state index contributed by atoms with van der Waals surface area (Å²) in [7, 11) is 0. The molecule has 0 bridgehead atoms. The number of hydrogen-bond donors (Lipinski definition) is 1. The fourth-order valence-electron chi connectivity index (χ4n) is 2.31. The van der Waals surface area contributed by atoms with Crippen molar-refractivity contribution >= 4 is 0 Å². The van der Waals surface area contributed by atoms with Crippen LogP contribution in [0.5, 0.6) is 5.75 Å². The van der Waals surface area contributed by atoms with Crippen molar-refractivity contribution in [2.24, 2.45) is 0 Å². The van der Waals surface area contributed by atoms with Crippen LogP contribution in [0.3, 0.4) is 0 Å². The first-order valence-corrected chi connectivity index (χ1v) is 7.69. The second-order valence-corrected chi connectivity index (χ2v) is 5.43. The van der Waals surface area contributed by atoms with Crippen LogP contribution in [0.2, 0.25) is 0 Å². The quantitative estimate of drug-likeness (QED) is 0.761. The van der Waals surface area contributed by atoms with Crippen LogP contribution in [0.25, 0.3) is 0 Å². The van der Waals surface area contributed by atoms with E-state index in [2.05, 4.69) is 56.4 Å². The van der Waals surface area contributed by atoms with Gasteiger partial charge in [0.2, 0.25) is 0 Å². The zero-order valence-corrected chi connectivity index (χ0v) is 13.3. The van der Waals surface area contributed by atoms with Crippen LogP contribution in [0.15, 0.2) is 42.5 Å². The molecule has 2 heteroatoms. The average Bonchev–Trinajstić information content (AvgIpc) is 2.50. The molecule has 0 radical (unpaired) electrons. The van der Waals surface area contributed by atoms with Gasteiger partial charge in [-0.25, -0.2) is 0 Å². The third kappa shape index (κ3) is 4.33. The van der Waals surface area contributed by atoms with Gasteiger partial charge >= 0.3 is 0 Å². The summed E-state index contributed by atoms with van der Waals surface area (Å²) in [6, 6.07) is 14.7. The minimum atomic E-state index is 0.619. The molecule has 0 saturated heterocycles. The summed E-state index contributed by atoms with van der Waals surface area (Å²) in [4.78, 5) is 0. The molecule has 0 aliphatic carbocycles. The smallest absolute Gasteiger partial charge is 0.122 e. The van der Waals surface area contributed by atoms with Gasteiger partial charge in [-0.15, -0.1) is 0 Å². The molecular formula is C19H25NO. The fraction of sp³-hybridized carbons (Fsp3) is 0.368. The standard InChI is InChI=1S/C19H25NO/c1-4-12-20-13-17-9-5-6-10-18(17)14-21-19-11-7-8-15(2)16(19)3/h5-11,20H,4,12-14H2,1-3H3. The Balaban J connectivity index is 2.04. The lowest BCUT2D eigenvalue weighted by Crippen LogP contribution is -2.15. The largest absolute Gasteiger partial charge is 0.489 e. The van der Waals surface area contributed by atoms with Crippen molar-refractivity contribution in [2.45, 2.75) is 40.3 Å². The number of nitrogens with one attached hydrogen (secondary N) is 1. The van der Waals surface area contributed by atoms with Crippen molar-refractivity contribution in [2.75, 3.05) is 6.54 Å². The predicted molar refractivity (Wildman–Crippen MR) is 88.7 cm³/mol. The third-order valence-corrected chi connectivity index (χ3v) is 3.80. The molecule has 2 nitrogen and oxygen atoms in total. The molecule has 112 valence electrons. The summed E-state index contributed by atoms with van der Waals surface area (Å²) in [5, 5.41) is 3.45. The van der Waals surface area contributed by atoms with E-state index in [-0.39, 0.29) is 0 Å². The van der Waals surface area contributed by atoms with Crippen LogP contribution in [0, 0.1) is 13.8 Å². The monoisotopic (exact) mass is 283 g/mol. The van der Waals surface area contributed by atoms with E-state index in [0.29, 0.717) is 6.61 Å². The first-order valence-electron chi connectivity index (χ1n) is 7.69. The highest BCUT2D eigenvalue weighted by Crippen LogP contribution is 2.22. The Morgan fingerprint density at radius 1 is 0.952 bits per heavy atom. The van der Waals surface area contributed by atoms with Crippen LogP contribution in [0.1, 0.15) is 35.6 Å². The fourth-order valence-corrected chi connectivity index (χ4v) is 2.31. The van der Waals surface area contributed by atoms with E-state index in [1.807, 2.05) is 12.1 Å². The van der Waals surface area contributed by atoms with Crippen molar-refractivity contribution in [3.05, 3.63) is 64.7 Å². The van der Waals surface area contributed by atoms with E-state index in [4.69, 9.17) is 4.74 Å². The van der Waals surface area contributed by atoms with Crippen molar-refractivity contribution in [3.8, 4) is 5.75 Å². The van der Waals surface area contributed by atoms with E-state index in [1.54, 1.807) is 0 Å².